The van der Waals surface area contributed by atoms with Gasteiger partial charge in [-0.05, 0) is 23.1 Å². The summed E-state index contributed by atoms with van der Waals surface area (Å²) in [6.45, 7) is 0. The third kappa shape index (κ3) is 2.97. The molecule has 0 spiro atoms. The van der Waals surface area contributed by atoms with Crippen molar-refractivity contribution in [3.8, 4) is 5.75 Å². The van der Waals surface area contributed by atoms with Crippen molar-refractivity contribution >= 4 is 23.4 Å². The number of aromatic amines is 1. The van der Waals surface area contributed by atoms with Crippen LogP contribution in [0.4, 0.5) is 11.5 Å². The Morgan fingerprint density at radius 1 is 1.24 bits per heavy atom. The van der Waals surface area contributed by atoms with Crippen LogP contribution in [0.2, 0.25) is 0 Å². The molecule has 21 heavy (non-hydrogen) atoms. The number of nitro groups is 1. The SMILES string of the molecule is O=C(Nc1ccc(C(=O)O)c(O)c1)c1ccc([N+](=O)[O-])[nH]1. The lowest BCUT2D eigenvalue weighted by atomic mass is 10.2. The molecule has 4 N–H and O–H groups in total. The number of carbonyl (C=O) groups is 2. The van der Waals surface area contributed by atoms with Gasteiger partial charge < -0.3 is 25.6 Å². The summed E-state index contributed by atoms with van der Waals surface area (Å²) in [7, 11) is 0. The van der Waals surface area contributed by atoms with Crippen molar-refractivity contribution in [1.82, 2.24) is 4.98 Å². The second-order valence-corrected chi connectivity index (χ2v) is 4.01. The van der Waals surface area contributed by atoms with Crippen LogP contribution in [0, 0.1) is 10.1 Å². The van der Waals surface area contributed by atoms with Crippen LogP contribution in [0.3, 0.4) is 0 Å². The van der Waals surface area contributed by atoms with Crippen LogP contribution in [0.5, 0.6) is 5.75 Å². The highest BCUT2D eigenvalue weighted by atomic mass is 16.6. The smallest absolute Gasteiger partial charge is 0.339 e. The third-order valence-electron chi connectivity index (χ3n) is 2.60. The van der Waals surface area contributed by atoms with Crippen LogP contribution in [0.15, 0.2) is 30.3 Å². The van der Waals surface area contributed by atoms with Gasteiger partial charge in [0.2, 0.25) is 0 Å². The zero-order chi connectivity index (χ0) is 15.6. The van der Waals surface area contributed by atoms with Crippen molar-refractivity contribution in [2.24, 2.45) is 0 Å². The van der Waals surface area contributed by atoms with Gasteiger partial charge in [-0.2, -0.15) is 0 Å². The van der Waals surface area contributed by atoms with Crippen LogP contribution < -0.4 is 5.32 Å². The van der Waals surface area contributed by atoms with Crippen molar-refractivity contribution in [3.05, 3.63) is 51.7 Å². The zero-order valence-electron chi connectivity index (χ0n) is 10.4. The number of phenols is 1. The number of aromatic carboxylic acids is 1. The molecule has 1 aromatic heterocycles. The van der Waals surface area contributed by atoms with E-state index >= 15 is 0 Å². The number of carboxylic acid groups (broad SMARTS) is 1. The number of aromatic hydroxyl groups is 1. The molecule has 0 fully saturated rings. The van der Waals surface area contributed by atoms with Gasteiger partial charge in [0.25, 0.3) is 5.91 Å². The Kier molecular flexibility index (Phi) is 3.57. The predicted octanol–water partition coefficient (Wildman–Crippen LogP) is 1.58. The topological polar surface area (TPSA) is 146 Å². The van der Waals surface area contributed by atoms with Crippen LogP contribution in [-0.4, -0.2) is 32.0 Å². The normalized spacial score (nSPS) is 10.1. The predicted molar refractivity (Wildman–Crippen MR) is 70.5 cm³/mol. The molecular formula is C12H9N3O6. The first-order chi connectivity index (χ1) is 9.88. The second kappa shape index (κ2) is 5.33. The molecule has 0 aliphatic carbocycles. The highest BCUT2D eigenvalue weighted by molar-refractivity contribution is 6.03. The quantitative estimate of drug-likeness (QED) is 0.497. The Balaban J connectivity index is 2.17. The number of nitrogens with zero attached hydrogens (tertiary/aromatic N) is 1. The average molecular weight is 291 g/mol. The van der Waals surface area contributed by atoms with E-state index in [0.717, 1.165) is 18.2 Å². The molecule has 1 heterocycles. The fourth-order valence-electron chi connectivity index (χ4n) is 1.61. The van der Waals surface area contributed by atoms with E-state index in [2.05, 4.69) is 10.3 Å². The number of anilines is 1. The van der Waals surface area contributed by atoms with E-state index in [1.165, 1.54) is 12.1 Å². The molecule has 0 aliphatic rings. The van der Waals surface area contributed by atoms with Crippen molar-refractivity contribution in [2.75, 3.05) is 5.32 Å². The van der Waals surface area contributed by atoms with Gasteiger partial charge in [-0.25, -0.2) is 9.78 Å². The van der Waals surface area contributed by atoms with E-state index in [-0.39, 0.29) is 22.8 Å². The van der Waals surface area contributed by atoms with Gasteiger partial charge in [0, 0.05) is 17.8 Å². The summed E-state index contributed by atoms with van der Waals surface area (Å²) >= 11 is 0. The van der Waals surface area contributed by atoms with Gasteiger partial charge in [-0.15, -0.1) is 0 Å². The van der Waals surface area contributed by atoms with E-state index < -0.39 is 22.5 Å². The Bertz CT molecular complexity index is 736. The maximum atomic E-state index is 11.8. The van der Waals surface area contributed by atoms with Crippen molar-refractivity contribution in [3.63, 3.8) is 0 Å². The van der Waals surface area contributed by atoms with Gasteiger partial charge in [0.05, 0.1) is 0 Å². The lowest BCUT2D eigenvalue weighted by Crippen LogP contribution is -2.12. The number of carbonyl (C=O) groups excluding carboxylic acids is 1. The Hall–Kier alpha value is -3.36. The molecule has 108 valence electrons. The van der Waals surface area contributed by atoms with E-state index in [9.17, 15) is 24.8 Å². The molecule has 9 nitrogen and oxygen atoms in total. The van der Waals surface area contributed by atoms with Crippen molar-refractivity contribution in [1.29, 1.82) is 0 Å². The van der Waals surface area contributed by atoms with Gasteiger partial charge in [0.1, 0.15) is 11.3 Å². The number of amides is 1. The number of hydrogen-bond donors (Lipinski definition) is 4. The van der Waals surface area contributed by atoms with Crippen LogP contribution in [-0.2, 0) is 0 Å². The molecule has 1 aromatic carbocycles. The summed E-state index contributed by atoms with van der Waals surface area (Å²) in [5.41, 5.74) is -0.188. The summed E-state index contributed by atoms with van der Waals surface area (Å²) in [5.74, 6) is -2.79. The van der Waals surface area contributed by atoms with Gasteiger partial charge >= 0.3 is 11.8 Å². The first-order valence-electron chi connectivity index (χ1n) is 5.59. The summed E-state index contributed by atoms with van der Waals surface area (Å²) in [6.07, 6.45) is 0. The number of nitrogens with one attached hydrogen (secondary N) is 2. The fraction of sp³-hybridized carbons (Fsp3) is 0. The average Bonchev–Trinajstić information content (AvgIpc) is 2.88. The summed E-state index contributed by atoms with van der Waals surface area (Å²) in [5, 5.41) is 31.1. The Morgan fingerprint density at radius 3 is 2.48 bits per heavy atom. The summed E-state index contributed by atoms with van der Waals surface area (Å²) in [4.78, 5) is 34.7. The number of rotatable bonds is 4. The maximum Gasteiger partial charge on any atom is 0.339 e. The van der Waals surface area contributed by atoms with Crippen LogP contribution in [0.25, 0.3) is 0 Å². The van der Waals surface area contributed by atoms with E-state index in [4.69, 9.17) is 5.11 Å². The molecule has 0 bridgehead atoms. The minimum atomic E-state index is -1.30. The summed E-state index contributed by atoms with van der Waals surface area (Å²) < 4.78 is 0. The number of aromatic nitrogens is 1. The monoisotopic (exact) mass is 291 g/mol. The molecule has 2 rings (SSSR count). The standard InChI is InChI=1S/C12H9N3O6/c16-9-5-6(1-2-7(9)12(18)19)13-11(17)8-3-4-10(14-8)15(20)21/h1-5,14,16H,(H,13,17)(H,18,19). The number of hydrogen-bond acceptors (Lipinski definition) is 5. The lowest BCUT2D eigenvalue weighted by Gasteiger charge is -2.05. The molecule has 0 saturated carbocycles. The second-order valence-electron chi connectivity index (χ2n) is 4.01. The van der Waals surface area contributed by atoms with Gasteiger partial charge in [-0.1, -0.05) is 0 Å². The molecule has 1 amide bonds. The van der Waals surface area contributed by atoms with Crippen molar-refractivity contribution in [2.45, 2.75) is 0 Å². The zero-order valence-corrected chi connectivity index (χ0v) is 10.4. The number of benzene rings is 1. The largest absolute Gasteiger partial charge is 0.507 e. The lowest BCUT2D eigenvalue weighted by molar-refractivity contribution is -0.389. The Labute approximate surface area is 117 Å². The molecule has 0 unspecified atom stereocenters. The third-order valence-corrected chi connectivity index (χ3v) is 2.60. The molecule has 0 saturated heterocycles. The first kappa shape index (κ1) is 14.1. The Morgan fingerprint density at radius 2 is 1.95 bits per heavy atom. The molecule has 0 atom stereocenters. The molecule has 0 radical (unpaired) electrons. The fourth-order valence-corrected chi connectivity index (χ4v) is 1.61. The van der Waals surface area contributed by atoms with Gasteiger partial charge in [-0.3, -0.25) is 4.79 Å². The molecule has 2 aromatic rings. The van der Waals surface area contributed by atoms with E-state index in [0.29, 0.717) is 0 Å². The first-order valence-corrected chi connectivity index (χ1v) is 5.59. The van der Waals surface area contributed by atoms with Crippen molar-refractivity contribution < 1.29 is 24.7 Å². The molecule has 0 aliphatic heterocycles. The van der Waals surface area contributed by atoms with Gasteiger partial charge in [0.15, 0.2) is 5.69 Å². The molecular weight excluding hydrogens is 282 g/mol. The number of carboxylic acids is 1. The summed E-state index contributed by atoms with van der Waals surface area (Å²) in [6, 6.07) is 5.86. The minimum Gasteiger partial charge on any atom is -0.507 e. The minimum absolute atomic E-state index is 0.0384. The van der Waals surface area contributed by atoms with E-state index in [1.807, 2.05) is 0 Å². The highest BCUT2D eigenvalue weighted by Crippen LogP contribution is 2.22. The highest BCUT2D eigenvalue weighted by Gasteiger charge is 2.16. The maximum absolute atomic E-state index is 11.8. The van der Waals surface area contributed by atoms with Crippen LogP contribution in [0.1, 0.15) is 20.8 Å². The molecule has 9 heteroatoms. The number of H-pyrrole nitrogens is 1. The van der Waals surface area contributed by atoms with E-state index in [1.54, 1.807) is 0 Å². The van der Waals surface area contributed by atoms with Crippen LogP contribution >= 0.6 is 0 Å².